The van der Waals surface area contributed by atoms with Crippen LogP contribution in [0.25, 0.3) is 0 Å². The van der Waals surface area contributed by atoms with Crippen molar-refractivity contribution in [3.63, 3.8) is 0 Å². The van der Waals surface area contributed by atoms with Crippen molar-refractivity contribution >= 4 is 19.8 Å². The molecule has 0 saturated heterocycles. The highest BCUT2D eigenvalue weighted by molar-refractivity contribution is 7.98. The van der Waals surface area contributed by atoms with Gasteiger partial charge in [0.2, 0.25) is 0 Å². The van der Waals surface area contributed by atoms with E-state index >= 15 is 0 Å². The SMILES string of the molecule is C[Si](C)(C)CCOCn1cnc(SCc2ccccc2)c1. The second-order valence-corrected chi connectivity index (χ2v) is 13.0. The van der Waals surface area contributed by atoms with Gasteiger partial charge in [-0.3, -0.25) is 0 Å². The van der Waals surface area contributed by atoms with E-state index in [-0.39, 0.29) is 0 Å². The number of hydrogen-bond acceptors (Lipinski definition) is 3. The Balaban J connectivity index is 1.71. The summed E-state index contributed by atoms with van der Waals surface area (Å²) >= 11 is 1.76. The number of hydrogen-bond donors (Lipinski definition) is 0. The van der Waals surface area contributed by atoms with Crippen LogP contribution in [-0.2, 0) is 17.2 Å². The van der Waals surface area contributed by atoms with E-state index in [1.165, 1.54) is 11.6 Å². The summed E-state index contributed by atoms with van der Waals surface area (Å²) in [6.07, 6.45) is 3.91. The van der Waals surface area contributed by atoms with Crippen molar-refractivity contribution in [3.8, 4) is 0 Å². The zero-order valence-corrected chi connectivity index (χ0v) is 14.9. The number of rotatable bonds is 8. The largest absolute Gasteiger partial charge is 0.361 e. The van der Waals surface area contributed by atoms with Gasteiger partial charge in [0.15, 0.2) is 0 Å². The van der Waals surface area contributed by atoms with Crippen molar-refractivity contribution in [2.75, 3.05) is 6.61 Å². The van der Waals surface area contributed by atoms with Crippen LogP contribution in [0.2, 0.25) is 25.7 Å². The minimum Gasteiger partial charge on any atom is -0.361 e. The predicted molar refractivity (Wildman–Crippen MR) is 92.3 cm³/mol. The van der Waals surface area contributed by atoms with Crippen LogP contribution in [0.3, 0.4) is 0 Å². The lowest BCUT2D eigenvalue weighted by molar-refractivity contribution is 0.0870. The smallest absolute Gasteiger partial charge is 0.123 e. The van der Waals surface area contributed by atoms with E-state index in [9.17, 15) is 0 Å². The van der Waals surface area contributed by atoms with Crippen molar-refractivity contribution < 1.29 is 4.74 Å². The molecule has 114 valence electrons. The fraction of sp³-hybridized carbons (Fsp3) is 0.438. The maximum atomic E-state index is 5.72. The molecule has 1 aromatic carbocycles. The Hall–Kier alpha value is -1.04. The van der Waals surface area contributed by atoms with Gasteiger partial charge in [0, 0.05) is 26.6 Å². The predicted octanol–water partition coefficient (Wildman–Crippen LogP) is 4.49. The molecule has 21 heavy (non-hydrogen) atoms. The summed E-state index contributed by atoms with van der Waals surface area (Å²) in [5.74, 6) is 0.953. The molecule has 0 aliphatic carbocycles. The molecule has 0 aliphatic rings. The lowest BCUT2D eigenvalue weighted by Crippen LogP contribution is -2.21. The molecule has 0 saturated carbocycles. The summed E-state index contributed by atoms with van der Waals surface area (Å²) in [5.41, 5.74) is 1.32. The molecule has 0 bridgehead atoms. The van der Waals surface area contributed by atoms with Gasteiger partial charge in [-0.15, -0.1) is 11.8 Å². The summed E-state index contributed by atoms with van der Waals surface area (Å²) in [5, 5.41) is 1.05. The van der Waals surface area contributed by atoms with E-state index in [1.54, 1.807) is 11.8 Å². The van der Waals surface area contributed by atoms with Gasteiger partial charge >= 0.3 is 0 Å². The van der Waals surface area contributed by atoms with E-state index < -0.39 is 8.07 Å². The Morgan fingerprint density at radius 3 is 2.67 bits per heavy atom. The molecule has 2 rings (SSSR count). The van der Waals surface area contributed by atoms with E-state index in [1.807, 2.05) is 17.0 Å². The summed E-state index contributed by atoms with van der Waals surface area (Å²) in [6, 6.07) is 11.7. The molecule has 3 nitrogen and oxygen atoms in total. The van der Waals surface area contributed by atoms with E-state index in [0.29, 0.717) is 6.73 Å². The first-order valence-electron chi connectivity index (χ1n) is 7.29. The van der Waals surface area contributed by atoms with Crippen molar-refractivity contribution in [2.45, 2.75) is 43.2 Å². The Labute approximate surface area is 132 Å². The van der Waals surface area contributed by atoms with Crippen molar-refractivity contribution in [1.29, 1.82) is 0 Å². The first kappa shape index (κ1) is 16.3. The second-order valence-electron chi connectivity index (χ2n) is 6.35. The molecule has 0 N–H and O–H groups in total. The molecule has 1 heterocycles. The Kier molecular flexibility index (Phi) is 6.08. The highest BCUT2D eigenvalue weighted by Crippen LogP contribution is 2.20. The van der Waals surface area contributed by atoms with Gasteiger partial charge in [-0.2, -0.15) is 0 Å². The van der Waals surface area contributed by atoms with Gasteiger partial charge in [0.1, 0.15) is 11.8 Å². The number of thioether (sulfide) groups is 1. The fourth-order valence-electron chi connectivity index (χ4n) is 1.76. The second kappa shape index (κ2) is 7.82. The highest BCUT2D eigenvalue weighted by Gasteiger charge is 2.12. The molecular weight excluding hydrogens is 296 g/mol. The van der Waals surface area contributed by atoms with E-state index in [4.69, 9.17) is 4.74 Å². The molecule has 0 aliphatic heterocycles. The molecule has 0 amide bonds. The van der Waals surface area contributed by atoms with Crippen LogP contribution in [-0.4, -0.2) is 24.2 Å². The Bertz CT molecular complexity index is 537. The summed E-state index contributed by atoms with van der Waals surface area (Å²) < 4.78 is 7.73. The molecule has 1 aromatic heterocycles. The lowest BCUT2D eigenvalue weighted by atomic mass is 10.2. The minimum atomic E-state index is -0.994. The molecule has 2 aromatic rings. The quantitative estimate of drug-likeness (QED) is 0.407. The molecule has 0 spiro atoms. The molecule has 0 fully saturated rings. The summed E-state index contributed by atoms with van der Waals surface area (Å²) in [6.45, 7) is 8.55. The number of benzene rings is 1. The lowest BCUT2D eigenvalue weighted by Gasteiger charge is -2.15. The zero-order chi connectivity index (χ0) is 15.1. The Morgan fingerprint density at radius 1 is 1.19 bits per heavy atom. The normalized spacial score (nSPS) is 11.8. The fourth-order valence-corrected chi connectivity index (χ4v) is 3.36. The minimum absolute atomic E-state index is 0.601. The molecule has 0 radical (unpaired) electrons. The number of aromatic nitrogens is 2. The van der Waals surface area contributed by atoms with Crippen LogP contribution < -0.4 is 0 Å². The van der Waals surface area contributed by atoms with Crippen LogP contribution in [0.5, 0.6) is 0 Å². The molecule has 0 atom stereocenters. The number of nitrogens with zero attached hydrogens (tertiary/aromatic N) is 2. The van der Waals surface area contributed by atoms with Gasteiger partial charge in [-0.25, -0.2) is 4.98 Å². The first-order chi connectivity index (χ1) is 10.0. The monoisotopic (exact) mass is 320 g/mol. The third kappa shape index (κ3) is 6.50. The number of ether oxygens (including phenoxy) is 1. The summed E-state index contributed by atoms with van der Waals surface area (Å²) in [4.78, 5) is 4.41. The highest BCUT2D eigenvalue weighted by atomic mass is 32.2. The van der Waals surface area contributed by atoms with Gasteiger partial charge in [-0.05, 0) is 11.6 Å². The maximum Gasteiger partial charge on any atom is 0.123 e. The molecule has 0 unspecified atom stereocenters. The van der Waals surface area contributed by atoms with E-state index in [2.05, 4.69) is 55.1 Å². The molecular formula is C16H24N2OSSi. The maximum absolute atomic E-state index is 5.72. The van der Waals surface area contributed by atoms with Gasteiger partial charge < -0.3 is 9.30 Å². The van der Waals surface area contributed by atoms with Crippen molar-refractivity contribution in [3.05, 3.63) is 48.4 Å². The third-order valence-electron chi connectivity index (χ3n) is 3.08. The van der Waals surface area contributed by atoms with Gasteiger partial charge in [0.25, 0.3) is 0 Å². The third-order valence-corrected chi connectivity index (χ3v) is 5.76. The van der Waals surface area contributed by atoms with Gasteiger partial charge in [-0.1, -0.05) is 50.0 Å². The Morgan fingerprint density at radius 2 is 1.95 bits per heavy atom. The zero-order valence-electron chi connectivity index (χ0n) is 13.1. The average molecular weight is 321 g/mol. The van der Waals surface area contributed by atoms with Crippen LogP contribution in [0, 0.1) is 0 Å². The van der Waals surface area contributed by atoms with E-state index in [0.717, 1.165) is 17.4 Å². The van der Waals surface area contributed by atoms with Gasteiger partial charge in [0.05, 0.1) is 6.33 Å². The summed E-state index contributed by atoms with van der Waals surface area (Å²) in [7, 11) is -0.994. The first-order valence-corrected chi connectivity index (χ1v) is 12.0. The van der Waals surface area contributed by atoms with Crippen molar-refractivity contribution in [1.82, 2.24) is 9.55 Å². The van der Waals surface area contributed by atoms with Crippen LogP contribution in [0.1, 0.15) is 5.56 Å². The average Bonchev–Trinajstić information content (AvgIpc) is 2.89. The molecule has 5 heteroatoms. The van der Waals surface area contributed by atoms with Crippen LogP contribution >= 0.6 is 11.8 Å². The standard InChI is InChI=1S/C16H24N2OSSi/c1-21(2,3)10-9-19-14-18-11-16(17-13-18)20-12-15-7-5-4-6-8-15/h4-8,11,13H,9-10,12,14H2,1-3H3. The van der Waals surface area contributed by atoms with Crippen LogP contribution in [0.15, 0.2) is 47.9 Å². The van der Waals surface area contributed by atoms with Crippen molar-refractivity contribution in [2.24, 2.45) is 0 Å². The van der Waals surface area contributed by atoms with Crippen LogP contribution in [0.4, 0.5) is 0 Å². The topological polar surface area (TPSA) is 27.1 Å². The number of imidazole rings is 1.